The fourth-order valence-corrected chi connectivity index (χ4v) is 3.16. The minimum Gasteiger partial charge on any atom is -0.354 e. The molecule has 0 saturated heterocycles. The third kappa shape index (κ3) is 5.85. The molecule has 0 radical (unpaired) electrons. The number of nitrogens with one attached hydrogen (secondary N) is 2. The van der Waals surface area contributed by atoms with Crippen LogP contribution in [0.3, 0.4) is 0 Å². The monoisotopic (exact) mass is 318 g/mol. The zero-order chi connectivity index (χ0) is 15.6. The van der Waals surface area contributed by atoms with Crippen LogP contribution in [0.4, 0.5) is 0 Å². The Labute approximate surface area is 138 Å². The molecule has 22 heavy (non-hydrogen) atoms. The second-order valence-electron chi connectivity index (χ2n) is 6.00. The van der Waals surface area contributed by atoms with Gasteiger partial charge in [-0.3, -0.25) is 10.1 Å². The molecule has 120 valence electrons. The molecular formula is C18H26N2OS. The first-order chi connectivity index (χ1) is 10.8. The van der Waals surface area contributed by atoms with E-state index in [0.717, 1.165) is 25.7 Å². The van der Waals surface area contributed by atoms with E-state index in [2.05, 4.69) is 22.8 Å². The van der Waals surface area contributed by atoms with E-state index in [1.807, 2.05) is 18.2 Å². The maximum atomic E-state index is 12.2. The normalized spacial score (nSPS) is 16.9. The largest absolute Gasteiger partial charge is 0.354 e. The molecule has 0 heterocycles. The molecule has 4 heteroatoms. The Morgan fingerprint density at radius 2 is 1.95 bits per heavy atom. The van der Waals surface area contributed by atoms with Gasteiger partial charge in [0, 0.05) is 18.0 Å². The summed E-state index contributed by atoms with van der Waals surface area (Å²) < 4.78 is 0. The topological polar surface area (TPSA) is 41.1 Å². The number of aryl methyl sites for hydroxylation is 1. The summed E-state index contributed by atoms with van der Waals surface area (Å²) in [5.74, 6) is 0.00800. The van der Waals surface area contributed by atoms with Crippen LogP contribution in [0.2, 0.25) is 0 Å². The van der Waals surface area contributed by atoms with E-state index in [9.17, 15) is 4.79 Å². The second-order valence-corrected chi connectivity index (χ2v) is 6.27. The van der Waals surface area contributed by atoms with Gasteiger partial charge in [0.1, 0.15) is 6.04 Å². The van der Waals surface area contributed by atoms with E-state index >= 15 is 0 Å². The van der Waals surface area contributed by atoms with Gasteiger partial charge in [-0.1, -0.05) is 61.8 Å². The van der Waals surface area contributed by atoms with Crippen molar-refractivity contribution in [2.24, 2.45) is 0 Å². The first kappa shape index (κ1) is 17.1. The highest BCUT2D eigenvalue weighted by molar-refractivity contribution is 7.79. The SMILES string of the molecule is O=C(NCCCc1ccccc1)[C@H](C=S)NC1CCCCC1. The minimum atomic E-state index is -0.338. The van der Waals surface area contributed by atoms with E-state index in [1.54, 1.807) is 5.37 Å². The van der Waals surface area contributed by atoms with Crippen LogP contribution in [-0.4, -0.2) is 29.9 Å². The molecule has 0 aliphatic heterocycles. The number of thiocarbonyl (C=S) groups is 1. The van der Waals surface area contributed by atoms with Gasteiger partial charge in [-0.05, 0) is 31.2 Å². The third-order valence-electron chi connectivity index (χ3n) is 4.22. The molecule has 2 rings (SSSR count). The summed E-state index contributed by atoms with van der Waals surface area (Å²) in [5.41, 5.74) is 1.31. The van der Waals surface area contributed by atoms with Gasteiger partial charge in [-0.25, -0.2) is 0 Å². The van der Waals surface area contributed by atoms with Gasteiger partial charge in [-0.2, -0.15) is 0 Å². The Kier molecular flexibility index (Phi) is 7.54. The predicted molar refractivity (Wildman–Crippen MR) is 95.2 cm³/mol. The van der Waals surface area contributed by atoms with Crippen LogP contribution in [0.1, 0.15) is 44.1 Å². The highest BCUT2D eigenvalue weighted by Crippen LogP contribution is 2.17. The number of carbonyl (C=O) groups excluding carboxylic acids is 1. The van der Waals surface area contributed by atoms with Crippen LogP contribution in [0, 0.1) is 0 Å². The van der Waals surface area contributed by atoms with Gasteiger partial charge in [0.15, 0.2) is 0 Å². The smallest absolute Gasteiger partial charge is 0.241 e. The minimum absolute atomic E-state index is 0.00800. The van der Waals surface area contributed by atoms with E-state index in [4.69, 9.17) is 12.2 Å². The lowest BCUT2D eigenvalue weighted by Gasteiger charge is -2.26. The summed E-state index contributed by atoms with van der Waals surface area (Å²) in [6.45, 7) is 0.694. The predicted octanol–water partition coefficient (Wildman–Crippen LogP) is 3.03. The van der Waals surface area contributed by atoms with Gasteiger partial charge in [-0.15, -0.1) is 0 Å². The standard InChI is InChI=1S/C18H26N2OS/c21-18(17(14-22)20-16-11-5-2-6-12-16)19-13-7-10-15-8-3-1-4-9-15/h1,3-4,8-9,14,16-17,20H,2,5-7,10-13H2,(H,19,21)/t17-/m0/s1. The molecule has 3 nitrogen and oxygen atoms in total. The van der Waals surface area contributed by atoms with Crippen molar-refractivity contribution in [2.45, 2.75) is 57.0 Å². The summed E-state index contributed by atoms with van der Waals surface area (Å²) in [6, 6.07) is 10.4. The van der Waals surface area contributed by atoms with E-state index in [-0.39, 0.29) is 11.9 Å². The number of benzene rings is 1. The summed E-state index contributed by atoms with van der Waals surface area (Å²) >= 11 is 5.03. The number of carbonyl (C=O) groups is 1. The van der Waals surface area contributed by atoms with Crippen LogP contribution in [0.25, 0.3) is 0 Å². The van der Waals surface area contributed by atoms with Gasteiger partial charge in [0.2, 0.25) is 5.91 Å². The van der Waals surface area contributed by atoms with Gasteiger partial charge >= 0.3 is 0 Å². The average molecular weight is 318 g/mol. The van der Waals surface area contributed by atoms with Gasteiger partial charge < -0.3 is 5.32 Å². The number of hydrogen-bond acceptors (Lipinski definition) is 3. The maximum Gasteiger partial charge on any atom is 0.241 e. The zero-order valence-corrected chi connectivity index (χ0v) is 13.9. The molecule has 0 unspecified atom stereocenters. The van der Waals surface area contributed by atoms with Gasteiger partial charge in [0.25, 0.3) is 0 Å². The Bertz CT molecular complexity index is 457. The number of rotatable bonds is 8. The lowest BCUT2D eigenvalue weighted by molar-refractivity contribution is -0.121. The highest BCUT2D eigenvalue weighted by atomic mass is 32.1. The van der Waals surface area contributed by atoms with Crippen molar-refractivity contribution < 1.29 is 4.79 Å². The van der Waals surface area contributed by atoms with Crippen molar-refractivity contribution in [1.82, 2.24) is 10.6 Å². The molecular weight excluding hydrogens is 292 g/mol. The summed E-state index contributed by atoms with van der Waals surface area (Å²) in [6.07, 6.45) is 8.05. The molecule has 1 saturated carbocycles. The molecule has 1 fully saturated rings. The lowest BCUT2D eigenvalue weighted by atomic mass is 9.95. The molecule has 0 bridgehead atoms. The second kappa shape index (κ2) is 9.70. The molecule has 0 aromatic heterocycles. The summed E-state index contributed by atoms with van der Waals surface area (Å²) in [5, 5.41) is 7.94. The molecule has 1 aromatic rings. The fourth-order valence-electron chi connectivity index (χ4n) is 2.96. The first-order valence-corrected chi connectivity index (χ1v) is 8.79. The quantitative estimate of drug-likeness (QED) is 0.572. The Balaban J connectivity index is 1.66. The molecule has 1 amide bonds. The summed E-state index contributed by atoms with van der Waals surface area (Å²) in [4.78, 5) is 12.2. The van der Waals surface area contributed by atoms with Crippen molar-refractivity contribution >= 4 is 23.5 Å². The van der Waals surface area contributed by atoms with Crippen LogP contribution >= 0.6 is 12.2 Å². The maximum absolute atomic E-state index is 12.2. The lowest BCUT2D eigenvalue weighted by Crippen LogP contribution is -2.49. The average Bonchev–Trinajstić information content (AvgIpc) is 2.58. The molecule has 2 N–H and O–H groups in total. The fraction of sp³-hybridized carbons (Fsp3) is 0.556. The van der Waals surface area contributed by atoms with Crippen LogP contribution in [0.5, 0.6) is 0 Å². The molecule has 1 aliphatic carbocycles. The van der Waals surface area contributed by atoms with E-state index < -0.39 is 0 Å². The van der Waals surface area contributed by atoms with Crippen LogP contribution in [0.15, 0.2) is 30.3 Å². The Morgan fingerprint density at radius 3 is 2.64 bits per heavy atom. The molecule has 1 aromatic carbocycles. The zero-order valence-electron chi connectivity index (χ0n) is 13.1. The Morgan fingerprint density at radius 1 is 1.23 bits per heavy atom. The first-order valence-electron chi connectivity index (χ1n) is 8.32. The summed E-state index contributed by atoms with van der Waals surface area (Å²) in [7, 11) is 0. The highest BCUT2D eigenvalue weighted by Gasteiger charge is 2.21. The van der Waals surface area contributed by atoms with E-state index in [1.165, 1.54) is 24.8 Å². The number of amides is 1. The van der Waals surface area contributed by atoms with Crippen molar-refractivity contribution in [2.75, 3.05) is 6.54 Å². The molecule has 1 aliphatic rings. The van der Waals surface area contributed by atoms with Crippen LogP contribution in [-0.2, 0) is 11.2 Å². The van der Waals surface area contributed by atoms with Crippen molar-refractivity contribution in [1.29, 1.82) is 0 Å². The van der Waals surface area contributed by atoms with E-state index in [0.29, 0.717) is 12.6 Å². The van der Waals surface area contributed by atoms with Crippen molar-refractivity contribution in [3.05, 3.63) is 35.9 Å². The van der Waals surface area contributed by atoms with Crippen molar-refractivity contribution in [3.8, 4) is 0 Å². The molecule has 1 atom stereocenters. The third-order valence-corrected chi connectivity index (χ3v) is 4.50. The Hall–Kier alpha value is -1.26. The number of hydrogen-bond donors (Lipinski definition) is 2. The van der Waals surface area contributed by atoms with Crippen molar-refractivity contribution in [3.63, 3.8) is 0 Å². The molecule has 0 spiro atoms. The van der Waals surface area contributed by atoms with Gasteiger partial charge in [0.05, 0.1) is 0 Å². The van der Waals surface area contributed by atoms with Crippen LogP contribution < -0.4 is 10.6 Å².